The van der Waals surface area contributed by atoms with Crippen LogP contribution >= 0.6 is 0 Å². The van der Waals surface area contributed by atoms with Crippen molar-refractivity contribution in [1.29, 1.82) is 5.26 Å². The number of rotatable bonds is 7. The van der Waals surface area contributed by atoms with E-state index in [9.17, 15) is 5.26 Å². The zero-order chi connectivity index (χ0) is 29.5. The molecule has 2 aliphatic heterocycles. The maximum Gasteiger partial charge on any atom is 0.228 e. The van der Waals surface area contributed by atoms with Crippen LogP contribution in [-0.4, -0.2) is 116 Å². The molecule has 3 heterocycles. The van der Waals surface area contributed by atoms with E-state index in [1.807, 2.05) is 38.0 Å². The van der Waals surface area contributed by atoms with Crippen molar-refractivity contribution < 1.29 is 0 Å². The van der Waals surface area contributed by atoms with E-state index in [1.165, 1.54) is 11.1 Å². The van der Waals surface area contributed by atoms with Crippen LogP contribution in [0.15, 0.2) is 65.7 Å². The van der Waals surface area contributed by atoms with Crippen LogP contribution in [0.3, 0.4) is 0 Å². The molecule has 0 N–H and O–H groups in total. The van der Waals surface area contributed by atoms with Crippen molar-refractivity contribution in [3.8, 4) is 6.07 Å². The SMILES string of the molecule is CN(C)/C(=N\c1nc(N(C)C)nc(N2CCN(Cc3ccccc3)CC2)c1C#N)N1CCN(Cc2ccccc2)CC1. The first-order valence-electron chi connectivity index (χ1n) is 14.7. The Labute approximate surface area is 250 Å². The van der Waals surface area contributed by atoms with E-state index in [1.54, 1.807) is 0 Å². The Hall–Kier alpha value is -4.20. The summed E-state index contributed by atoms with van der Waals surface area (Å²) in [5.41, 5.74) is 3.07. The van der Waals surface area contributed by atoms with Crippen molar-refractivity contribution in [3.05, 3.63) is 77.4 Å². The Kier molecular flexibility index (Phi) is 9.52. The number of nitrogens with zero attached hydrogens (tertiary/aromatic N) is 10. The molecule has 3 aromatic rings. The minimum atomic E-state index is 0.424. The zero-order valence-electron chi connectivity index (χ0n) is 25.3. The van der Waals surface area contributed by atoms with Crippen molar-refractivity contribution in [3.63, 3.8) is 0 Å². The lowest BCUT2D eigenvalue weighted by Crippen LogP contribution is -2.51. The molecule has 0 aliphatic carbocycles. The van der Waals surface area contributed by atoms with E-state index < -0.39 is 0 Å². The van der Waals surface area contributed by atoms with Gasteiger partial charge < -0.3 is 19.6 Å². The fourth-order valence-corrected chi connectivity index (χ4v) is 5.49. The molecule has 0 saturated carbocycles. The lowest BCUT2D eigenvalue weighted by Gasteiger charge is -2.38. The van der Waals surface area contributed by atoms with Gasteiger partial charge in [-0.25, -0.2) is 0 Å². The quantitative estimate of drug-likeness (QED) is 0.317. The smallest absolute Gasteiger partial charge is 0.228 e. The summed E-state index contributed by atoms with van der Waals surface area (Å²) in [4.78, 5) is 28.0. The third-order valence-electron chi connectivity index (χ3n) is 7.80. The first kappa shape index (κ1) is 29.3. The molecule has 0 amide bonds. The summed E-state index contributed by atoms with van der Waals surface area (Å²) in [5, 5.41) is 10.4. The Bertz CT molecular complexity index is 1370. The van der Waals surface area contributed by atoms with Gasteiger partial charge in [-0.2, -0.15) is 20.2 Å². The Morgan fingerprint density at radius 3 is 1.76 bits per heavy atom. The van der Waals surface area contributed by atoms with Crippen molar-refractivity contribution in [1.82, 2.24) is 29.6 Å². The molecule has 0 atom stereocenters. The molecule has 220 valence electrons. The third kappa shape index (κ3) is 7.16. The van der Waals surface area contributed by atoms with Crippen LogP contribution in [0.5, 0.6) is 0 Å². The van der Waals surface area contributed by atoms with Gasteiger partial charge in [-0.05, 0) is 11.1 Å². The van der Waals surface area contributed by atoms with E-state index >= 15 is 0 Å². The number of guanidine groups is 1. The van der Waals surface area contributed by atoms with Crippen molar-refractivity contribution in [2.45, 2.75) is 13.1 Å². The van der Waals surface area contributed by atoms with E-state index in [0.717, 1.165) is 71.4 Å². The highest BCUT2D eigenvalue weighted by atomic mass is 15.4. The van der Waals surface area contributed by atoms with Crippen LogP contribution in [0, 0.1) is 11.3 Å². The molecule has 5 rings (SSSR count). The summed E-state index contributed by atoms with van der Waals surface area (Å²) in [7, 11) is 7.86. The highest BCUT2D eigenvalue weighted by molar-refractivity contribution is 5.84. The summed E-state index contributed by atoms with van der Waals surface area (Å²) < 4.78 is 0. The minimum Gasteiger partial charge on any atom is -0.353 e. The van der Waals surface area contributed by atoms with Gasteiger partial charge in [0.25, 0.3) is 0 Å². The van der Waals surface area contributed by atoms with Gasteiger partial charge in [-0.1, -0.05) is 60.7 Å². The predicted molar refractivity (Wildman–Crippen MR) is 169 cm³/mol. The molecule has 2 aromatic carbocycles. The minimum absolute atomic E-state index is 0.424. The second-order valence-corrected chi connectivity index (χ2v) is 11.4. The largest absolute Gasteiger partial charge is 0.353 e. The summed E-state index contributed by atoms with van der Waals surface area (Å²) in [6.07, 6.45) is 0. The predicted octanol–water partition coefficient (Wildman–Crippen LogP) is 3.10. The Morgan fingerprint density at radius 2 is 1.29 bits per heavy atom. The first-order chi connectivity index (χ1) is 20.4. The summed E-state index contributed by atoms with van der Waals surface area (Å²) in [6, 6.07) is 23.6. The van der Waals surface area contributed by atoms with Crippen LogP contribution in [0.1, 0.15) is 16.7 Å². The number of piperazine rings is 2. The zero-order valence-corrected chi connectivity index (χ0v) is 25.3. The topological polar surface area (TPSA) is 81.4 Å². The van der Waals surface area contributed by atoms with E-state index in [2.05, 4.69) is 86.3 Å². The molecule has 0 bridgehead atoms. The normalized spacial score (nSPS) is 16.8. The molecular weight excluding hydrogens is 524 g/mol. The number of aromatic nitrogens is 2. The monoisotopic (exact) mass is 566 g/mol. The second kappa shape index (κ2) is 13.6. The van der Waals surface area contributed by atoms with E-state index in [4.69, 9.17) is 15.0 Å². The van der Waals surface area contributed by atoms with Gasteiger partial charge in [-0.3, -0.25) is 9.80 Å². The molecule has 1 aromatic heterocycles. The van der Waals surface area contributed by atoms with Crippen LogP contribution < -0.4 is 9.80 Å². The van der Waals surface area contributed by atoms with Crippen LogP contribution in [0.2, 0.25) is 0 Å². The standard InChI is InChI=1S/C32H42N10/c1-37(2)31-34-29(35-32(38(3)4)42-21-17-40(18-22-42)25-27-13-9-6-10-14-27)28(23-33)30(36-31)41-19-15-39(16-20-41)24-26-11-7-5-8-12-26/h5-14H,15-22,24-25H2,1-4H3/b35-32+. The second-order valence-electron chi connectivity index (χ2n) is 11.4. The number of benzene rings is 2. The van der Waals surface area contributed by atoms with Crippen LogP contribution in [0.25, 0.3) is 0 Å². The highest BCUT2D eigenvalue weighted by Gasteiger charge is 2.26. The molecule has 10 nitrogen and oxygen atoms in total. The Balaban J connectivity index is 1.35. The maximum absolute atomic E-state index is 10.4. The third-order valence-corrected chi connectivity index (χ3v) is 7.80. The molecule has 0 unspecified atom stereocenters. The fraction of sp³-hybridized carbons (Fsp3) is 0.438. The van der Waals surface area contributed by atoms with Crippen molar-refractivity contribution in [2.75, 3.05) is 90.3 Å². The van der Waals surface area contributed by atoms with Crippen molar-refractivity contribution in [2.24, 2.45) is 4.99 Å². The molecule has 10 heteroatoms. The van der Waals surface area contributed by atoms with Gasteiger partial charge in [0.15, 0.2) is 11.6 Å². The summed E-state index contributed by atoms with van der Waals surface area (Å²) >= 11 is 0. The van der Waals surface area contributed by atoms with E-state index in [0.29, 0.717) is 23.1 Å². The van der Waals surface area contributed by atoms with Gasteiger partial charge in [0.05, 0.1) is 0 Å². The lowest BCUT2D eigenvalue weighted by atomic mass is 10.2. The molecule has 42 heavy (non-hydrogen) atoms. The molecule has 0 spiro atoms. The maximum atomic E-state index is 10.4. The molecule has 2 saturated heterocycles. The molecule has 0 radical (unpaired) electrons. The highest BCUT2D eigenvalue weighted by Crippen LogP contribution is 2.30. The summed E-state index contributed by atoms with van der Waals surface area (Å²) in [5.74, 6) is 2.46. The fourth-order valence-electron chi connectivity index (χ4n) is 5.49. The van der Waals surface area contributed by atoms with Gasteiger partial charge in [0, 0.05) is 93.6 Å². The van der Waals surface area contributed by atoms with Gasteiger partial charge in [-0.15, -0.1) is 0 Å². The first-order valence-corrected chi connectivity index (χ1v) is 14.7. The summed E-state index contributed by atoms with van der Waals surface area (Å²) in [6.45, 7) is 8.84. The number of anilines is 2. The molecular formula is C32H42N10. The van der Waals surface area contributed by atoms with E-state index in [-0.39, 0.29) is 0 Å². The van der Waals surface area contributed by atoms with Gasteiger partial charge in [0.1, 0.15) is 11.6 Å². The number of hydrogen-bond donors (Lipinski definition) is 0. The average molecular weight is 567 g/mol. The average Bonchev–Trinajstić information content (AvgIpc) is 3.01. The van der Waals surface area contributed by atoms with Crippen LogP contribution in [-0.2, 0) is 13.1 Å². The molecule has 2 aliphatic rings. The van der Waals surface area contributed by atoms with Crippen LogP contribution in [0.4, 0.5) is 17.6 Å². The number of aliphatic imine (C=N–C) groups is 1. The van der Waals surface area contributed by atoms with Crippen molar-refractivity contribution >= 4 is 23.5 Å². The number of hydrogen-bond acceptors (Lipinski definition) is 8. The lowest BCUT2D eigenvalue weighted by molar-refractivity contribution is 0.167. The molecule has 2 fully saturated rings. The Morgan fingerprint density at radius 1 is 0.762 bits per heavy atom. The van der Waals surface area contributed by atoms with Gasteiger partial charge >= 0.3 is 0 Å². The van der Waals surface area contributed by atoms with Gasteiger partial charge in [0.2, 0.25) is 11.9 Å². The number of nitriles is 1.